The van der Waals surface area contributed by atoms with E-state index in [9.17, 15) is 0 Å². The molecule has 1 aromatic rings. The van der Waals surface area contributed by atoms with Crippen molar-refractivity contribution in [3.05, 3.63) is 24.2 Å². The van der Waals surface area contributed by atoms with E-state index < -0.39 is 0 Å². The third-order valence-electron chi connectivity index (χ3n) is 3.57. The highest BCUT2D eigenvalue weighted by molar-refractivity contribution is 5.04. The van der Waals surface area contributed by atoms with Gasteiger partial charge in [0.25, 0.3) is 0 Å². The summed E-state index contributed by atoms with van der Waals surface area (Å²) >= 11 is 0. The van der Waals surface area contributed by atoms with Gasteiger partial charge in [-0.05, 0) is 31.4 Å². The van der Waals surface area contributed by atoms with E-state index in [0.29, 0.717) is 0 Å². The molecule has 1 N–H and O–H groups in total. The smallest absolute Gasteiger partial charge is 0.0947 e. The fourth-order valence-electron chi connectivity index (χ4n) is 2.56. The van der Waals surface area contributed by atoms with Crippen LogP contribution in [0.3, 0.4) is 0 Å². The fraction of sp³-hybridized carbons (Fsp3) is 0.714. The maximum atomic E-state index is 5.05. The molecule has 0 aliphatic heterocycles. The maximum Gasteiger partial charge on any atom is 0.0947 e. The van der Waals surface area contributed by atoms with Gasteiger partial charge in [-0.1, -0.05) is 32.1 Å². The molecule has 0 atom stereocenters. The maximum absolute atomic E-state index is 5.05. The normalized spacial score (nSPS) is 19.2. The first-order valence-electron chi connectivity index (χ1n) is 6.67. The van der Waals surface area contributed by atoms with E-state index in [0.717, 1.165) is 12.5 Å². The van der Waals surface area contributed by atoms with Crippen molar-refractivity contribution in [2.45, 2.75) is 51.5 Å². The SMILES string of the molecule is c1cc(CNCC2CCCCCCC2)co1. The summed E-state index contributed by atoms with van der Waals surface area (Å²) in [5, 5.41) is 3.55. The molecule has 1 aliphatic carbocycles. The van der Waals surface area contributed by atoms with Crippen LogP contribution in [0.15, 0.2) is 23.0 Å². The lowest BCUT2D eigenvalue weighted by atomic mass is 9.91. The van der Waals surface area contributed by atoms with E-state index >= 15 is 0 Å². The predicted molar refractivity (Wildman–Crippen MR) is 66.2 cm³/mol. The molecule has 1 heterocycles. The number of nitrogens with one attached hydrogen (secondary N) is 1. The molecular formula is C14H23NO. The zero-order chi connectivity index (χ0) is 11.1. The van der Waals surface area contributed by atoms with Crippen LogP contribution >= 0.6 is 0 Å². The number of hydrogen-bond acceptors (Lipinski definition) is 2. The monoisotopic (exact) mass is 221 g/mol. The van der Waals surface area contributed by atoms with E-state index in [-0.39, 0.29) is 0 Å². The molecule has 0 bridgehead atoms. The summed E-state index contributed by atoms with van der Waals surface area (Å²) in [7, 11) is 0. The summed E-state index contributed by atoms with van der Waals surface area (Å²) in [6.07, 6.45) is 13.6. The first kappa shape index (κ1) is 11.7. The van der Waals surface area contributed by atoms with E-state index in [1.165, 1.54) is 57.1 Å². The van der Waals surface area contributed by atoms with Crippen LogP contribution in [0.4, 0.5) is 0 Å². The molecule has 0 unspecified atom stereocenters. The average molecular weight is 221 g/mol. The predicted octanol–water partition coefficient (Wildman–Crippen LogP) is 3.73. The largest absolute Gasteiger partial charge is 0.472 e. The lowest BCUT2D eigenvalue weighted by Gasteiger charge is -2.19. The van der Waals surface area contributed by atoms with Gasteiger partial charge in [0.1, 0.15) is 0 Å². The average Bonchev–Trinajstić information content (AvgIpc) is 2.73. The highest BCUT2D eigenvalue weighted by Crippen LogP contribution is 2.21. The molecule has 0 amide bonds. The van der Waals surface area contributed by atoms with Crippen molar-refractivity contribution in [3.8, 4) is 0 Å². The molecule has 0 radical (unpaired) electrons. The van der Waals surface area contributed by atoms with Crippen LogP contribution in [0.2, 0.25) is 0 Å². The minimum Gasteiger partial charge on any atom is -0.472 e. The van der Waals surface area contributed by atoms with Crippen molar-refractivity contribution in [3.63, 3.8) is 0 Å². The lowest BCUT2D eigenvalue weighted by molar-refractivity contribution is 0.360. The molecule has 1 aromatic heterocycles. The second-order valence-corrected chi connectivity index (χ2v) is 4.97. The van der Waals surface area contributed by atoms with E-state index in [1.54, 1.807) is 6.26 Å². The van der Waals surface area contributed by atoms with Crippen molar-refractivity contribution in [1.82, 2.24) is 5.32 Å². The van der Waals surface area contributed by atoms with Gasteiger partial charge in [-0.3, -0.25) is 0 Å². The Kier molecular flexibility index (Phi) is 4.94. The van der Waals surface area contributed by atoms with Crippen LogP contribution in [0.25, 0.3) is 0 Å². The Morgan fingerprint density at radius 2 is 1.88 bits per heavy atom. The van der Waals surface area contributed by atoms with Gasteiger partial charge >= 0.3 is 0 Å². The second-order valence-electron chi connectivity index (χ2n) is 4.97. The molecule has 1 fully saturated rings. The summed E-state index contributed by atoms with van der Waals surface area (Å²) in [6, 6.07) is 2.03. The Morgan fingerprint density at radius 3 is 2.56 bits per heavy atom. The Hall–Kier alpha value is -0.760. The first-order chi connectivity index (χ1) is 7.95. The van der Waals surface area contributed by atoms with Crippen molar-refractivity contribution < 1.29 is 4.42 Å². The summed E-state index contributed by atoms with van der Waals surface area (Å²) in [4.78, 5) is 0. The van der Waals surface area contributed by atoms with Crippen molar-refractivity contribution >= 4 is 0 Å². The molecule has 1 aliphatic rings. The molecular weight excluding hydrogens is 198 g/mol. The Labute approximate surface area is 98.4 Å². The summed E-state index contributed by atoms with van der Waals surface area (Å²) < 4.78 is 5.05. The zero-order valence-electron chi connectivity index (χ0n) is 10.1. The van der Waals surface area contributed by atoms with Crippen molar-refractivity contribution in [2.24, 2.45) is 5.92 Å². The van der Waals surface area contributed by atoms with E-state index in [4.69, 9.17) is 4.42 Å². The molecule has 0 saturated heterocycles. The number of hydrogen-bond donors (Lipinski definition) is 1. The highest BCUT2D eigenvalue weighted by Gasteiger charge is 2.10. The van der Waals surface area contributed by atoms with Crippen LogP contribution in [0, 0.1) is 5.92 Å². The lowest BCUT2D eigenvalue weighted by Crippen LogP contribution is -2.23. The van der Waals surface area contributed by atoms with Gasteiger partial charge in [-0.25, -0.2) is 0 Å². The number of furan rings is 1. The molecule has 2 nitrogen and oxygen atoms in total. The summed E-state index contributed by atoms with van der Waals surface area (Å²) in [5.41, 5.74) is 1.26. The minimum atomic E-state index is 0.896. The molecule has 1 saturated carbocycles. The summed E-state index contributed by atoms with van der Waals surface area (Å²) in [5.74, 6) is 0.896. The van der Waals surface area contributed by atoms with Crippen LogP contribution in [0.1, 0.15) is 50.5 Å². The van der Waals surface area contributed by atoms with Crippen molar-refractivity contribution in [1.29, 1.82) is 0 Å². The minimum absolute atomic E-state index is 0.896. The topological polar surface area (TPSA) is 25.2 Å². The third kappa shape index (κ3) is 4.01. The fourth-order valence-corrected chi connectivity index (χ4v) is 2.56. The van der Waals surface area contributed by atoms with Gasteiger partial charge in [-0.2, -0.15) is 0 Å². The summed E-state index contributed by atoms with van der Waals surface area (Å²) in [6.45, 7) is 2.12. The molecule has 2 heteroatoms. The van der Waals surface area contributed by atoms with E-state index in [1.807, 2.05) is 12.3 Å². The van der Waals surface area contributed by atoms with Gasteiger partial charge in [0, 0.05) is 12.1 Å². The standard InChI is InChI=1S/C14H23NO/c1-2-4-6-13(7-5-3-1)10-15-11-14-8-9-16-12-14/h8-9,12-13,15H,1-7,10-11H2. The van der Waals surface area contributed by atoms with Gasteiger partial charge < -0.3 is 9.73 Å². The number of rotatable bonds is 4. The van der Waals surface area contributed by atoms with Crippen molar-refractivity contribution in [2.75, 3.05) is 6.54 Å². The molecule has 0 aromatic carbocycles. The highest BCUT2D eigenvalue weighted by atomic mass is 16.3. The zero-order valence-corrected chi connectivity index (χ0v) is 10.1. The molecule has 2 rings (SSSR count). The van der Waals surface area contributed by atoms with Crippen LogP contribution in [-0.2, 0) is 6.54 Å². The van der Waals surface area contributed by atoms with Crippen LogP contribution in [-0.4, -0.2) is 6.54 Å². The molecule has 90 valence electrons. The van der Waals surface area contributed by atoms with Crippen LogP contribution < -0.4 is 5.32 Å². The quantitative estimate of drug-likeness (QED) is 0.838. The van der Waals surface area contributed by atoms with Gasteiger partial charge in [-0.15, -0.1) is 0 Å². The Morgan fingerprint density at radius 1 is 1.12 bits per heavy atom. The molecule has 16 heavy (non-hydrogen) atoms. The second kappa shape index (κ2) is 6.74. The van der Waals surface area contributed by atoms with E-state index in [2.05, 4.69) is 5.32 Å². The Balaban J connectivity index is 1.64. The molecule has 0 spiro atoms. The van der Waals surface area contributed by atoms with Gasteiger partial charge in [0.05, 0.1) is 12.5 Å². The van der Waals surface area contributed by atoms with Crippen LogP contribution in [0.5, 0.6) is 0 Å². The third-order valence-corrected chi connectivity index (χ3v) is 3.57. The Bertz CT molecular complexity index is 260. The van der Waals surface area contributed by atoms with Gasteiger partial charge in [0.2, 0.25) is 0 Å². The first-order valence-corrected chi connectivity index (χ1v) is 6.67. The van der Waals surface area contributed by atoms with Gasteiger partial charge in [0.15, 0.2) is 0 Å².